The minimum Gasteiger partial charge on any atom is -0.377 e. The molecule has 6 nitrogen and oxygen atoms in total. The first-order valence-electron chi connectivity index (χ1n) is 10.9. The van der Waals surface area contributed by atoms with Gasteiger partial charge in [0.1, 0.15) is 5.70 Å². The molecule has 2 aliphatic rings. The summed E-state index contributed by atoms with van der Waals surface area (Å²) in [6.45, 7) is 6.60. The lowest BCUT2D eigenvalue weighted by molar-refractivity contribution is -0.137. The summed E-state index contributed by atoms with van der Waals surface area (Å²) in [6, 6.07) is 11.9. The van der Waals surface area contributed by atoms with Crippen molar-refractivity contribution < 1.29 is 14.3 Å². The normalized spacial score (nSPS) is 17.3. The molecule has 1 aromatic carbocycles. The summed E-state index contributed by atoms with van der Waals surface area (Å²) in [6.07, 6.45) is 3.80. The maximum Gasteiger partial charge on any atom is 0.278 e. The molecule has 0 radical (unpaired) electrons. The first-order chi connectivity index (χ1) is 15.0. The zero-order chi connectivity index (χ0) is 21.8. The van der Waals surface area contributed by atoms with E-state index in [-0.39, 0.29) is 24.5 Å². The van der Waals surface area contributed by atoms with Gasteiger partial charge in [0, 0.05) is 29.3 Å². The lowest BCUT2D eigenvalue weighted by Gasteiger charge is -2.28. The van der Waals surface area contributed by atoms with E-state index in [1.54, 1.807) is 0 Å². The summed E-state index contributed by atoms with van der Waals surface area (Å²) in [4.78, 5) is 30.7. The van der Waals surface area contributed by atoms with Gasteiger partial charge in [0.2, 0.25) is 0 Å². The Labute approximate surface area is 187 Å². The standard InChI is InChI=1S/C24H29N3O3S/c1-17(2)30-15-14-27-23(28)21(20-7-6-16-31-20)22(24(27)29)25-18-8-10-19(11-9-18)26-12-4-3-5-13-26/h6-11,16-17,25H,3-5,12-15H2,1-2H3. The number of imide groups is 1. The Balaban J connectivity index is 1.55. The molecule has 0 saturated carbocycles. The number of nitrogens with one attached hydrogen (secondary N) is 1. The second-order valence-electron chi connectivity index (χ2n) is 8.13. The molecule has 2 amide bonds. The minimum absolute atomic E-state index is 0.0496. The van der Waals surface area contributed by atoms with Crippen LogP contribution in [0.2, 0.25) is 0 Å². The molecule has 4 rings (SSSR count). The van der Waals surface area contributed by atoms with Crippen molar-refractivity contribution in [2.75, 3.05) is 36.5 Å². The molecule has 7 heteroatoms. The van der Waals surface area contributed by atoms with Gasteiger partial charge in [-0.1, -0.05) is 6.07 Å². The van der Waals surface area contributed by atoms with Crippen LogP contribution in [0.1, 0.15) is 38.0 Å². The molecule has 2 aliphatic heterocycles. The molecule has 0 bridgehead atoms. The van der Waals surface area contributed by atoms with Crippen LogP contribution in [0.4, 0.5) is 11.4 Å². The molecule has 1 saturated heterocycles. The van der Waals surface area contributed by atoms with Crippen LogP contribution in [0.25, 0.3) is 5.57 Å². The van der Waals surface area contributed by atoms with Gasteiger partial charge in [-0.05, 0) is 68.8 Å². The second kappa shape index (κ2) is 9.66. The minimum atomic E-state index is -0.305. The maximum absolute atomic E-state index is 13.1. The van der Waals surface area contributed by atoms with Crippen LogP contribution in [-0.4, -0.2) is 49.1 Å². The van der Waals surface area contributed by atoms with Crippen LogP contribution in [-0.2, 0) is 14.3 Å². The predicted octanol–water partition coefficient (Wildman–Crippen LogP) is 4.36. The first-order valence-corrected chi connectivity index (χ1v) is 11.8. The van der Waals surface area contributed by atoms with E-state index in [2.05, 4.69) is 22.3 Å². The number of carbonyl (C=O) groups is 2. The lowest BCUT2D eigenvalue weighted by Crippen LogP contribution is -2.35. The molecule has 1 N–H and O–H groups in total. The van der Waals surface area contributed by atoms with Gasteiger partial charge >= 0.3 is 0 Å². The highest BCUT2D eigenvalue weighted by Crippen LogP contribution is 2.33. The molecular weight excluding hydrogens is 410 g/mol. The molecule has 0 spiro atoms. The van der Waals surface area contributed by atoms with Crippen molar-refractivity contribution in [2.45, 2.75) is 39.2 Å². The number of ether oxygens (including phenoxy) is 1. The highest BCUT2D eigenvalue weighted by molar-refractivity contribution is 7.11. The van der Waals surface area contributed by atoms with Gasteiger partial charge in [0.25, 0.3) is 11.8 Å². The fourth-order valence-corrected chi connectivity index (χ4v) is 4.74. The number of benzene rings is 1. The SMILES string of the molecule is CC(C)OCCN1C(=O)C(Nc2ccc(N3CCCCC3)cc2)=C(c2cccs2)C1=O. The van der Waals surface area contributed by atoms with Crippen molar-refractivity contribution >= 4 is 40.1 Å². The summed E-state index contributed by atoms with van der Waals surface area (Å²) < 4.78 is 5.56. The van der Waals surface area contributed by atoms with E-state index in [1.165, 1.54) is 41.2 Å². The zero-order valence-corrected chi connectivity index (χ0v) is 18.9. The van der Waals surface area contributed by atoms with Gasteiger partial charge in [-0.25, -0.2) is 0 Å². The number of amides is 2. The van der Waals surface area contributed by atoms with Crippen LogP contribution in [0.15, 0.2) is 47.5 Å². The van der Waals surface area contributed by atoms with Crippen LogP contribution in [0.5, 0.6) is 0 Å². The molecule has 3 heterocycles. The number of piperidine rings is 1. The van der Waals surface area contributed by atoms with Gasteiger partial charge in [-0.2, -0.15) is 0 Å². The lowest BCUT2D eigenvalue weighted by atomic mass is 10.1. The van der Waals surface area contributed by atoms with Crippen molar-refractivity contribution in [3.8, 4) is 0 Å². The molecular formula is C24H29N3O3S. The quantitative estimate of drug-likeness (QED) is 0.620. The summed E-state index contributed by atoms with van der Waals surface area (Å²) in [5, 5.41) is 5.15. The Morgan fingerprint density at radius 3 is 2.42 bits per heavy atom. The van der Waals surface area contributed by atoms with Gasteiger partial charge in [0.15, 0.2) is 0 Å². The van der Waals surface area contributed by atoms with Gasteiger partial charge in [-0.15, -0.1) is 11.3 Å². The van der Waals surface area contributed by atoms with Gasteiger partial charge in [-0.3, -0.25) is 14.5 Å². The molecule has 31 heavy (non-hydrogen) atoms. The van der Waals surface area contributed by atoms with E-state index in [1.807, 2.05) is 43.5 Å². The van der Waals surface area contributed by atoms with Gasteiger partial charge < -0.3 is 15.0 Å². The smallest absolute Gasteiger partial charge is 0.278 e. The maximum atomic E-state index is 13.1. The average molecular weight is 440 g/mol. The van der Waals surface area contributed by atoms with Crippen LogP contribution < -0.4 is 10.2 Å². The van der Waals surface area contributed by atoms with E-state index in [0.717, 1.165) is 23.7 Å². The number of carbonyl (C=O) groups excluding carboxylic acids is 2. The molecule has 164 valence electrons. The predicted molar refractivity (Wildman–Crippen MR) is 125 cm³/mol. The molecule has 2 aromatic rings. The van der Waals surface area contributed by atoms with Crippen molar-refractivity contribution in [1.82, 2.24) is 4.90 Å². The highest BCUT2D eigenvalue weighted by atomic mass is 32.1. The number of hydrogen-bond acceptors (Lipinski definition) is 6. The fourth-order valence-electron chi connectivity index (χ4n) is 3.98. The van der Waals surface area contributed by atoms with E-state index < -0.39 is 0 Å². The number of rotatable bonds is 8. The highest BCUT2D eigenvalue weighted by Gasteiger charge is 2.39. The Kier molecular flexibility index (Phi) is 6.73. The summed E-state index contributed by atoms with van der Waals surface area (Å²) in [7, 11) is 0. The van der Waals surface area contributed by atoms with Crippen molar-refractivity contribution in [2.24, 2.45) is 0 Å². The fraction of sp³-hybridized carbons (Fsp3) is 0.417. The topological polar surface area (TPSA) is 61.9 Å². The summed E-state index contributed by atoms with van der Waals surface area (Å²) in [5.74, 6) is -0.576. The third-order valence-electron chi connectivity index (χ3n) is 5.56. The Morgan fingerprint density at radius 2 is 1.77 bits per heavy atom. The van der Waals surface area contributed by atoms with E-state index in [9.17, 15) is 9.59 Å². The number of hydrogen-bond donors (Lipinski definition) is 1. The number of anilines is 2. The monoisotopic (exact) mass is 439 g/mol. The molecule has 1 aromatic heterocycles. The van der Waals surface area contributed by atoms with E-state index in [4.69, 9.17) is 4.74 Å². The van der Waals surface area contributed by atoms with Crippen molar-refractivity contribution in [3.63, 3.8) is 0 Å². The van der Waals surface area contributed by atoms with Crippen LogP contribution in [0.3, 0.4) is 0 Å². The Morgan fingerprint density at radius 1 is 1.03 bits per heavy atom. The van der Waals surface area contributed by atoms with Crippen molar-refractivity contribution in [3.05, 3.63) is 52.4 Å². The zero-order valence-electron chi connectivity index (χ0n) is 18.1. The van der Waals surface area contributed by atoms with Crippen LogP contribution in [0, 0.1) is 0 Å². The number of thiophene rings is 1. The molecule has 0 atom stereocenters. The Hall–Kier alpha value is -2.64. The van der Waals surface area contributed by atoms with Gasteiger partial charge in [0.05, 0.1) is 24.8 Å². The molecule has 0 aliphatic carbocycles. The second-order valence-corrected chi connectivity index (χ2v) is 9.08. The molecule has 1 fully saturated rings. The van der Waals surface area contributed by atoms with Crippen molar-refractivity contribution in [1.29, 1.82) is 0 Å². The third kappa shape index (κ3) is 4.83. The van der Waals surface area contributed by atoms with Crippen LogP contribution >= 0.6 is 11.3 Å². The number of nitrogens with zero attached hydrogens (tertiary/aromatic N) is 2. The Bertz CT molecular complexity index is 945. The first kappa shape index (κ1) is 21.6. The molecule has 0 unspecified atom stereocenters. The summed E-state index contributed by atoms with van der Waals surface area (Å²) >= 11 is 1.46. The van der Waals surface area contributed by atoms with E-state index >= 15 is 0 Å². The van der Waals surface area contributed by atoms with E-state index in [0.29, 0.717) is 17.9 Å². The largest absolute Gasteiger partial charge is 0.377 e. The average Bonchev–Trinajstić information content (AvgIpc) is 3.37. The summed E-state index contributed by atoms with van der Waals surface area (Å²) in [5.41, 5.74) is 2.76. The third-order valence-corrected chi connectivity index (χ3v) is 6.45.